The molecular formula is C11H11ClO5S. The summed E-state index contributed by atoms with van der Waals surface area (Å²) in [6, 6.07) is 6.04. The van der Waals surface area contributed by atoms with Crippen LogP contribution in [0, 0.1) is 6.92 Å². The number of benzene rings is 1. The Bertz CT molecular complexity index is 560. The standard InChI is InChI=1S/C11H11ClO5S/c1-8-3-5-9(6-4-8)18(14,15)17-7-10(12)11(13)16-2/h3-7H,1-2H3. The highest BCUT2D eigenvalue weighted by atomic mass is 35.5. The fourth-order valence-electron chi connectivity index (χ4n) is 1.01. The number of rotatable bonds is 4. The minimum atomic E-state index is -3.98. The van der Waals surface area contributed by atoms with Gasteiger partial charge >= 0.3 is 16.1 Å². The summed E-state index contributed by atoms with van der Waals surface area (Å²) in [6.45, 7) is 1.82. The van der Waals surface area contributed by atoms with Gasteiger partial charge in [0.1, 0.15) is 11.2 Å². The summed E-state index contributed by atoms with van der Waals surface area (Å²) in [5.74, 6) is -0.879. The summed E-state index contributed by atoms with van der Waals surface area (Å²) >= 11 is 5.45. The molecule has 0 aromatic heterocycles. The van der Waals surface area contributed by atoms with Crippen LogP contribution >= 0.6 is 11.6 Å². The van der Waals surface area contributed by atoms with Crippen LogP contribution in [0.3, 0.4) is 0 Å². The van der Waals surface area contributed by atoms with Crippen LogP contribution < -0.4 is 0 Å². The zero-order chi connectivity index (χ0) is 13.8. The van der Waals surface area contributed by atoms with E-state index in [0.717, 1.165) is 12.7 Å². The first kappa shape index (κ1) is 14.5. The van der Waals surface area contributed by atoms with E-state index in [1.54, 1.807) is 12.1 Å². The molecule has 0 radical (unpaired) electrons. The number of hydrogen-bond acceptors (Lipinski definition) is 5. The number of carbonyl (C=O) groups excluding carboxylic acids is 1. The van der Waals surface area contributed by atoms with Crippen LogP contribution in [-0.4, -0.2) is 21.5 Å². The maximum Gasteiger partial charge on any atom is 0.352 e. The number of carbonyl (C=O) groups is 1. The molecule has 0 aliphatic rings. The Kier molecular flexibility index (Phi) is 4.75. The Morgan fingerprint density at radius 1 is 1.28 bits per heavy atom. The summed E-state index contributed by atoms with van der Waals surface area (Å²) in [5.41, 5.74) is 0.914. The first-order valence-electron chi connectivity index (χ1n) is 4.81. The number of aryl methyl sites for hydroxylation is 1. The normalized spacial score (nSPS) is 12.1. The Hall–Kier alpha value is -1.53. The summed E-state index contributed by atoms with van der Waals surface area (Å²) < 4.78 is 32.2. The van der Waals surface area contributed by atoms with Gasteiger partial charge in [0.2, 0.25) is 0 Å². The summed E-state index contributed by atoms with van der Waals surface area (Å²) in [5, 5.41) is -0.465. The first-order chi connectivity index (χ1) is 8.36. The molecule has 0 bridgehead atoms. The van der Waals surface area contributed by atoms with Crippen molar-refractivity contribution in [1.82, 2.24) is 0 Å². The lowest BCUT2D eigenvalue weighted by atomic mass is 10.2. The molecule has 98 valence electrons. The molecular weight excluding hydrogens is 280 g/mol. The van der Waals surface area contributed by atoms with E-state index in [9.17, 15) is 13.2 Å². The maximum atomic E-state index is 11.7. The van der Waals surface area contributed by atoms with Gasteiger partial charge in [0.15, 0.2) is 5.03 Å². The van der Waals surface area contributed by atoms with Crippen molar-refractivity contribution in [3.05, 3.63) is 41.1 Å². The number of methoxy groups -OCH3 is 1. The monoisotopic (exact) mass is 290 g/mol. The average molecular weight is 291 g/mol. The molecule has 0 heterocycles. The predicted molar refractivity (Wildman–Crippen MR) is 65.4 cm³/mol. The molecule has 18 heavy (non-hydrogen) atoms. The number of ether oxygens (including phenoxy) is 1. The minimum Gasteiger partial charge on any atom is -0.465 e. The molecule has 0 spiro atoms. The molecule has 0 saturated heterocycles. The summed E-state index contributed by atoms with van der Waals surface area (Å²) in [6.07, 6.45) is 0.628. The van der Waals surface area contributed by atoms with Gasteiger partial charge in [-0.2, -0.15) is 8.42 Å². The van der Waals surface area contributed by atoms with Gasteiger partial charge in [0, 0.05) is 0 Å². The van der Waals surface area contributed by atoms with Crippen molar-refractivity contribution < 1.29 is 22.1 Å². The molecule has 0 saturated carbocycles. The Balaban J connectivity index is 2.90. The molecule has 0 aliphatic carbocycles. The van der Waals surface area contributed by atoms with Crippen molar-refractivity contribution >= 4 is 27.7 Å². The molecule has 0 N–H and O–H groups in total. The van der Waals surface area contributed by atoms with Gasteiger partial charge in [-0.15, -0.1) is 0 Å². The minimum absolute atomic E-state index is 0.0290. The van der Waals surface area contributed by atoms with Crippen molar-refractivity contribution in [2.75, 3.05) is 7.11 Å². The maximum absolute atomic E-state index is 11.7. The largest absolute Gasteiger partial charge is 0.465 e. The second kappa shape index (κ2) is 5.88. The molecule has 7 heteroatoms. The van der Waals surface area contributed by atoms with Gasteiger partial charge in [-0.25, -0.2) is 4.79 Å². The van der Waals surface area contributed by atoms with Gasteiger partial charge in [0.25, 0.3) is 0 Å². The van der Waals surface area contributed by atoms with Gasteiger partial charge in [-0.3, -0.25) is 0 Å². The second-order valence-corrected chi connectivity index (χ2v) is 5.30. The van der Waals surface area contributed by atoms with E-state index in [-0.39, 0.29) is 4.90 Å². The highest BCUT2D eigenvalue weighted by Gasteiger charge is 2.15. The van der Waals surface area contributed by atoms with Crippen LogP contribution in [-0.2, 0) is 23.8 Å². The molecule has 0 aliphatic heterocycles. The van der Waals surface area contributed by atoms with E-state index in [1.165, 1.54) is 12.1 Å². The fourth-order valence-corrected chi connectivity index (χ4v) is 1.99. The lowest BCUT2D eigenvalue weighted by Crippen LogP contribution is -2.05. The van der Waals surface area contributed by atoms with E-state index in [0.29, 0.717) is 6.26 Å². The lowest BCUT2D eigenvalue weighted by Gasteiger charge is -2.03. The SMILES string of the molecule is COC(=O)C(Cl)=COS(=O)(=O)c1ccc(C)cc1. The lowest BCUT2D eigenvalue weighted by molar-refractivity contribution is -0.135. The third-order valence-corrected chi connectivity index (χ3v) is 3.41. The van der Waals surface area contributed by atoms with E-state index in [1.807, 2.05) is 6.92 Å². The van der Waals surface area contributed by atoms with Crippen LogP contribution in [0.1, 0.15) is 5.56 Å². The molecule has 0 amide bonds. The van der Waals surface area contributed by atoms with Crippen LogP contribution in [0.4, 0.5) is 0 Å². The molecule has 0 atom stereocenters. The first-order valence-corrected chi connectivity index (χ1v) is 6.59. The quantitative estimate of drug-likeness (QED) is 0.367. The van der Waals surface area contributed by atoms with Crippen molar-refractivity contribution in [2.24, 2.45) is 0 Å². The number of esters is 1. The van der Waals surface area contributed by atoms with E-state index in [4.69, 9.17) is 11.6 Å². The zero-order valence-corrected chi connectivity index (χ0v) is 11.3. The van der Waals surface area contributed by atoms with Gasteiger partial charge < -0.3 is 8.92 Å². The molecule has 1 aromatic carbocycles. The molecule has 0 unspecified atom stereocenters. The second-order valence-electron chi connectivity index (χ2n) is 3.32. The number of hydrogen-bond donors (Lipinski definition) is 0. The highest BCUT2D eigenvalue weighted by molar-refractivity contribution is 7.86. The van der Waals surface area contributed by atoms with Crippen LogP contribution in [0.15, 0.2) is 40.5 Å². The van der Waals surface area contributed by atoms with Crippen molar-refractivity contribution in [1.29, 1.82) is 0 Å². The Morgan fingerprint density at radius 3 is 2.33 bits per heavy atom. The molecule has 0 fully saturated rings. The highest BCUT2D eigenvalue weighted by Crippen LogP contribution is 2.15. The third kappa shape index (κ3) is 3.75. The van der Waals surface area contributed by atoms with E-state index in [2.05, 4.69) is 8.92 Å². The van der Waals surface area contributed by atoms with Gasteiger partial charge in [0.05, 0.1) is 7.11 Å². The van der Waals surface area contributed by atoms with Crippen LogP contribution in [0.25, 0.3) is 0 Å². The molecule has 5 nitrogen and oxygen atoms in total. The van der Waals surface area contributed by atoms with E-state index < -0.39 is 21.1 Å². The molecule has 1 rings (SSSR count). The third-order valence-electron chi connectivity index (χ3n) is 1.97. The van der Waals surface area contributed by atoms with Crippen molar-refractivity contribution in [3.63, 3.8) is 0 Å². The molecule has 1 aromatic rings. The average Bonchev–Trinajstić information content (AvgIpc) is 2.35. The van der Waals surface area contributed by atoms with Gasteiger partial charge in [-0.05, 0) is 19.1 Å². The van der Waals surface area contributed by atoms with Crippen molar-refractivity contribution in [3.8, 4) is 0 Å². The number of halogens is 1. The fraction of sp³-hybridized carbons (Fsp3) is 0.182. The van der Waals surface area contributed by atoms with E-state index >= 15 is 0 Å². The summed E-state index contributed by atoms with van der Waals surface area (Å²) in [7, 11) is -2.86. The van der Waals surface area contributed by atoms with Gasteiger partial charge in [-0.1, -0.05) is 29.3 Å². The van der Waals surface area contributed by atoms with Crippen LogP contribution in [0.2, 0.25) is 0 Å². The Morgan fingerprint density at radius 2 is 1.83 bits per heavy atom. The zero-order valence-electron chi connectivity index (χ0n) is 9.71. The smallest absolute Gasteiger partial charge is 0.352 e. The predicted octanol–water partition coefficient (Wildman–Crippen LogP) is 1.95. The van der Waals surface area contributed by atoms with Crippen LogP contribution in [0.5, 0.6) is 0 Å². The Labute approximate surface area is 110 Å². The van der Waals surface area contributed by atoms with Crippen molar-refractivity contribution in [2.45, 2.75) is 11.8 Å². The summed E-state index contributed by atoms with van der Waals surface area (Å²) in [4.78, 5) is 10.9. The topological polar surface area (TPSA) is 69.7 Å².